The van der Waals surface area contributed by atoms with Gasteiger partial charge in [-0.15, -0.1) is 0 Å². The van der Waals surface area contributed by atoms with Crippen LogP contribution >= 0.6 is 0 Å². The van der Waals surface area contributed by atoms with E-state index >= 15 is 0 Å². The van der Waals surface area contributed by atoms with Crippen LogP contribution in [0.3, 0.4) is 0 Å². The third-order valence-corrected chi connectivity index (χ3v) is 3.43. The lowest BCUT2D eigenvalue weighted by atomic mass is 10.0. The smallest absolute Gasteiger partial charge is 0.326 e. The van der Waals surface area contributed by atoms with Gasteiger partial charge in [-0.25, -0.2) is 9.59 Å². The molecule has 1 fully saturated rings. The molecule has 1 unspecified atom stereocenters. The van der Waals surface area contributed by atoms with E-state index in [2.05, 4.69) is 10.3 Å². The summed E-state index contributed by atoms with van der Waals surface area (Å²) >= 11 is 0. The van der Waals surface area contributed by atoms with E-state index in [0.717, 1.165) is 18.5 Å². The minimum atomic E-state index is -0.926. The van der Waals surface area contributed by atoms with Gasteiger partial charge in [0.25, 0.3) is 0 Å². The molecular formula is C14H19N3O3. The van der Waals surface area contributed by atoms with Gasteiger partial charge in [0.2, 0.25) is 0 Å². The summed E-state index contributed by atoms with van der Waals surface area (Å²) in [6.45, 7) is 0.963. The van der Waals surface area contributed by atoms with Crippen LogP contribution in [0.15, 0.2) is 24.4 Å². The summed E-state index contributed by atoms with van der Waals surface area (Å²) in [4.78, 5) is 28.8. The number of aliphatic carboxylic acids is 1. The van der Waals surface area contributed by atoms with Crippen LogP contribution in [0.2, 0.25) is 0 Å². The molecule has 0 bridgehead atoms. The van der Waals surface area contributed by atoms with Crippen molar-refractivity contribution < 1.29 is 14.7 Å². The van der Waals surface area contributed by atoms with Gasteiger partial charge >= 0.3 is 12.0 Å². The van der Waals surface area contributed by atoms with Crippen LogP contribution in [0.4, 0.5) is 4.79 Å². The number of hydrogen-bond acceptors (Lipinski definition) is 3. The second-order valence-electron chi connectivity index (χ2n) is 4.85. The predicted molar refractivity (Wildman–Crippen MR) is 73.3 cm³/mol. The fourth-order valence-electron chi connectivity index (χ4n) is 2.38. The Hall–Kier alpha value is -2.11. The van der Waals surface area contributed by atoms with E-state index in [9.17, 15) is 9.59 Å². The highest BCUT2D eigenvalue weighted by molar-refractivity contribution is 5.82. The van der Waals surface area contributed by atoms with Gasteiger partial charge in [0.05, 0.1) is 0 Å². The molecule has 0 saturated carbocycles. The number of carbonyl (C=O) groups is 2. The van der Waals surface area contributed by atoms with Crippen molar-refractivity contribution in [2.24, 2.45) is 0 Å². The highest BCUT2D eigenvalue weighted by Gasteiger charge is 2.31. The number of hydrogen-bond donors (Lipinski definition) is 2. The molecule has 1 saturated heterocycles. The maximum atomic E-state index is 12.0. The van der Waals surface area contributed by atoms with Gasteiger partial charge in [-0.2, -0.15) is 0 Å². The Morgan fingerprint density at radius 3 is 2.95 bits per heavy atom. The first kappa shape index (κ1) is 14.3. The Bertz CT molecular complexity index is 464. The van der Waals surface area contributed by atoms with Crippen molar-refractivity contribution in [2.75, 3.05) is 13.1 Å². The second-order valence-corrected chi connectivity index (χ2v) is 4.85. The minimum absolute atomic E-state index is 0.298. The molecule has 1 aliphatic rings. The molecule has 0 aromatic carbocycles. The number of likely N-dealkylation sites (tertiary alicyclic amines) is 1. The molecule has 2 heterocycles. The maximum absolute atomic E-state index is 12.0. The molecule has 1 aromatic rings. The Balaban J connectivity index is 1.83. The normalized spacial score (nSPS) is 18.6. The number of aromatic nitrogens is 1. The third kappa shape index (κ3) is 3.69. The zero-order chi connectivity index (χ0) is 14.4. The number of rotatable bonds is 4. The molecule has 2 N–H and O–H groups in total. The van der Waals surface area contributed by atoms with Crippen LogP contribution < -0.4 is 5.32 Å². The number of carboxylic acid groups (broad SMARTS) is 1. The highest BCUT2D eigenvalue weighted by Crippen LogP contribution is 2.17. The first-order valence-electron chi connectivity index (χ1n) is 6.85. The topological polar surface area (TPSA) is 82.5 Å². The summed E-state index contributed by atoms with van der Waals surface area (Å²) in [5.41, 5.74) is 0.904. The number of urea groups is 1. The zero-order valence-electron chi connectivity index (χ0n) is 11.3. The quantitative estimate of drug-likeness (QED) is 0.868. The lowest BCUT2D eigenvalue weighted by Crippen LogP contribution is -2.52. The molecule has 1 aliphatic heterocycles. The standard InChI is InChI=1S/C14H19N3O3/c18-13(19)12-6-2-4-10-17(12)14(20)16-9-7-11-5-1-3-8-15-11/h1,3,5,8,12H,2,4,6-7,9-10H2,(H,16,20)(H,18,19). The van der Waals surface area contributed by atoms with Crippen LogP contribution in [-0.2, 0) is 11.2 Å². The number of nitrogens with one attached hydrogen (secondary N) is 1. The number of piperidine rings is 1. The molecule has 2 rings (SSSR count). The lowest BCUT2D eigenvalue weighted by molar-refractivity contribution is -0.143. The van der Waals surface area contributed by atoms with E-state index < -0.39 is 12.0 Å². The van der Waals surface area contributed by atoms with Crippen molar-refractivity contribution in [3.63, 3.8) is 0 Å². The van der Waals surface area contributed by atoms with E-state index in [0.29, 0.717) is 25.9 Å². The zero-order valence-corrected chi connectivity index (χ0v) is 11.3. The molecule has 6 heteroatoms. The van der Waals surface area contributed by atoms with Gasteiger partial charge in [-0.05, 0) is 31.4 Å². The van der Waals surface area contributed by atoms with Gasteiger partial charge < -0.3 is 15.3 Å². The van der Waals surface area contributed by atoms with Crippen LogP contribution in [0.1, 0.15) is 25.0 Å². The highest BCUT2D eigenvalue weighted by atomic mass is 16.4. The number of pyridine rings is 1. The van der Waals surface area contributed by atoms with Gasteiger partial charge in [-0.3, -0.25) is 4.98 Å². The Morgan fingerprint density at radius 1 is 1.40 bits per heavy atom. The first-order chi connectivity index (χ1) is 9.68. The van der Waals surface area contributed by atoms with Crippen molar-refractivity contribution in [1.82, 2.24) is 15.2 Å². The molecule has 0 radical (unpaired) electrons. The fraction of sp³-hybridized carbons (Fsp3) is 0.500. The van der Waals surface area contributed by atoms with Crippen LogP contribution in [-0.4, -0.2) is 46.1 Å². The largest absolute Gasteiger partial charge is 0.480 e. The fourth-order valence-corrected chi connectivity index (χ4v) is 2.38. The number of carboxylic acids is 1. The number of carbonyl (C=O) groups excluding carboxylic acids is 1. The lowest BCUT2D eigenvalue weighted by Gasteiger charge is -2.32. The Kier molecular flexibility index (Phi) is 4.92. The summed E-state index contributed by atoms with van der Waals surface area (Å²) in [7, 11) is 0. The molecule has 6 nitrogen and oxygen atoms in total. The molecule has 2 amide bonds. The summed E-state index contributed by atoms with van der Waals surface area (Å²) in [6, 6.07) is 4.64. The van der Waals surface area contributed by atoms with Crippen LogP contribution in [0.5, 0.6) is 0 Å². The van der Waals surface area contributed by atoms with Crippen LogP contribution in [0, 0.1) is 0 Å². The minimum Gasteiger partial charge on any atom is -0.480 e. The third-order valence-electron chi connectivity index (χ3n) is 3.43. The molecule has 0 aliphatic carbocycles. The van der Waals surface area contributed by atoms with Crippen molar-refractivity contribution >= 4 is 12.0 Å². The molecule has 108 valence electrons. The average Bonchev–Trinajstić information content (AvgIpc) is 2.48. The van der Waals surface area contributed by atoms with E-state index in [1.165, 1.54) is 4.90 Å². The number of amides is 2. The monoisotopic (exact) mass is 277 g/mol. The van der Waals surface area contributed by atoms with Crippen molar-refractivity contribution in [2.45, 2.75) is 31.7 Å². The maximum Gasteiger partial charge on any atom is 0.326 e. The predicted octanol–water partition coefficient (Wildman–Crippen LogP) is 1.27. The number of nitrogens with zero attached hydrogens (tertiary/aromatic N) is 2. The van der Waals surface area contributed by atoms with Crippen molar-refractivity contribution in [1.29, 1.82) is 0 Å². The van der Waals surface area contributed by atoms with Crippen molar-refractivity contribution in [3.8, 4) is 0 Å². The molecular weight excluding hydrogens is 258 g/mol. The first-order valence-corrected chi connectivity index (χ1v) is 6.85. The summed E-state index contributed by atoms with van der Waals surface area (Å²) in [5, 5.41) is 11.9. The van der Waals surface area contributed by atoms with Gasteiger partial charge in [-0.1, -0.05) is 6.07 Å². The van der Waals surface area contributed by atoms with Gasteiger partial charge in [0.15, 0.2) is 0 Å². The molecule has 0 spiro atoms. The summed E-state index contributed by atoms with van der Waals surface area (Å²) in [5.74, 6) is -0.926. The van der Waals surface area contributed by atoms with E-state index in [1.54, 1.807) is 6.20 Å². The molecule has 20 heavy (non-hydrogen) atoms. The van der Waals surface area contributed by atoms with Crippen LogP contribution in [0.25, 0.3) is 0 Å². The van der Waals surface area contributed by atoms with Gasteiger partial charge in [0, 0.05) is 31.4 Å². The average molecular weight is 277 g/mol. The Morgan fingerprint density at radius 2 is 2.25 bits per heavy atom. The van der Waals surface area contributed by atoms with E-state index in [1.807, 2.05) is 18.2 Å². The summed E-state index contributed by atoms with van der Waals surface area (Å²) in [6.07, 6.45) is 4.59. The van der Waals surface area contributed by atoms with Gasteiger partial charge in [0.1, 0.15) is 6.04 Å². The van der Waals surface area contributed by atoms with E-state index in [-0.39, 0.29) is 6.03 Å². The second kappa shape index (κ2) is 6.88. The molecule has 1 aromatic heterocycles. The molecule has 1 atom stereocenters. The van der Waals surface area contributed by atoms with E-state index in [4.69, 9.17) is 5.11 Å². The SMILES string of the molecule is O=C(O)C1CCCCN1C(=O)NCCc1ccccn1. The summed E-state index contributed by atoms with van der Waals surface area (Å²) < 4.78 is 0. The van der Waals surface area contributed by atoms with Crippen molar-refractivity contribution in [3.05, 3.63) is 30.1 Å². The Labute approximate surface area is 117 Å².